The number of imidazole rings is 1. The van der Waals surface area contributed by atoms with E-state index in [0.29, 0.717) is 6.54 Å². The van der Waals surface area contributed by atoms with Gasteiger partial charge in [-0.3, -0.25) is 9.20 Å². The van der Waals surface area contributed by atoms with E-state index in [1.165, 1.54) is 23.5 Å². The molecule has 5 nitrogen and oxygen atoms in total. The SMILES string of the molecule is COc1ccc(-c2cn3c(CC(=O)NCc4ccc(F)cc4)csc3n2)cc1. The van der Waals surface area contributed by atoms with Crippen molar-refractivity contribution in [3.05, 3.63) is 77.2 Å². The van der Waals surface area contributed by atoms with E-state index >= 15 is 0 Å². The fourth-order valence-electron chi connectivity index (χ4n) is 2.89. The van der Waals surface area contributed by atoms with Gasteiger partial charge in [-0.05, 0) is 42.0 Å². The van der Waals surface area contributed by atoms with Gasteiger partial charge in [0.2, 0.25) is 5.91 Å². The Balaban J connectivity index is 1.45. The first-order valence-electron chi connectivity index (χ1n) is 8.73. The molecular weight excluding hydrogens is 377 g/mol. The minimum absolute atomic E-state index is 0.0938. The number of aromatic nitrogens is 2. The molecule has 28 heavy (non-hydrogen) atoms. The third-order valence-corrected chi connectivity index (χ3v) is 5.30. The summed E-state index contributed by atoms with van der Waals surface area (Å²) >= 11 is 1.50. The molecule has 142 valence electrons. The van der Waals surface area contributed by atoms with Gasteiger partial charge < -0.3 is 10.1 Å². The van der Waals surface area contributed by atoms with Gasteiger partial charge in [0.05, 0.1) is 19.2 Å². The number of nitrogens with one attached hydrogen (secondary N) is 1. The summed E-state index contributed by atoms with van der Waals surface area (Å²) in [5.74, 6) is 0.413. The van der Waals surface area contributed by atoms with E-state index in [4.69, 9.17) is 4.74 Å². The minimum atomic E-state index is -0.288. The van der Waals surface area contributed by atoms with Crippen molar-refractivity contribution >= 4 is 22.2 Å². The number of hydrogen-bond donors (Lipinski definition) is 1. The molecule has 0 saturated carbocycles. The highest BCUT2D eigenvalue weighted by Crippen LogP contribution is 2.25. The van der Waals surface area contributed by atoms with Crippen molar-refractivity contribution in [1.29, 1.82) is 0 Å². The number of ether oxygens (including phenoxy) is 1. The van der Waals surface area contributed by atoms with E-state index in [0.717, 1.165) is 33.2 Å². The van der Waals surface area contributed by atoms with Crippen molar-refractivity contribution < 1.29 is 13.9 Å². The number of benzene rings is 2. The highest BCUT2D eigenvalue weighted by atomic mass is 32.1. The first kappa shape index (κ1) is 18.2. The lowest BCUT2D eigenvalue weighted by Gasteiger charge is -2.05. The number of halogens is 1. The van der Waals surface area contributed by atoms with Crippen molar-refractivity contribution in [2.45, 2.75) is 13.0 Å². The highest BCUT2D eigenvalue weighted by Gasteiger charge is 2.12. The lowest BCUT2D eigenvalue weighted by molar-refractivity contribution is -0.120. The van der Waals surface area contributed by atoms with Crippen LogP contribution in [0.3, 0.4) is 0 Å². The van der Waals surface area contributed by atoms with Gasteiger partial charge in [0.15, 0.2) is 4.96 Å². The van der Waals surface area contributed by atoms with E-state index in [2.05, 4.69) is 10.3 Å². The first-order valence-corrected chi connectivity index (χ1v) is 9.61. The van der Waals surface area contributed by atoms with E-state index in [9.17, 15) is 9.18 Å². The number of nitrogens with zero attached hydrogens (tertiary/aromatic N) is 2. The summed E-state index contributed by atoms with van der Waals surface area (Å²) in [7, 11) is 1.63. The predicted octanol–water partition coefficient (Wildman–Crippen LogP) is 4.07. The van der Waals surface area contributed by atoms with Crippen LogP contribution in [0.15, 0.2) is 60.1 Å². The molecule has 0 unspecified atom stereocenters. The monoisotopic (exact) mass is 395 g/mol. The first-order chi connectivity index (χ1) is 13.6. The molecule has 0 bridgehead atoms. The zero-order chi connectivity index (χ0) is 19.5. The van der Waals surface area contributed by atoms with Crippen LogP contribution in [0.2, 0.25) is 0 Å². The van der Waals surface area contributed by atoms with Crippen LogP contribution in [0.1, 0.15) is 11.3 Å². The molecule has 0 spiro atoms. The van der Waals surface area contributed by atoms with Gasteiger partial charge in [0.25, 0.3) is 0 Å². The van der Waals surface area contributed by atoms with Crippen LogP contribution in [-0.4, -0.2) is 22.4 Å². The van der Waals surface area contributed by atoms with Gasteiger partial charge in [0.1, 0.15) is 11.6 Å². The molecule has 0 saturated heterocycles. The molecule has 4 aromatic rings. The molecule has 0 aliphatic carbocycles. The van der Waals surface area contributed by atoms with Gasteiger partial charge in [-0.1, -0.05) is 12.1 Å². The Hall–Kier alpha value is -3.19. The Morgan fingerprint density at radius 1 is 1.18 bits per heavy atom. The maximum atomic E-state index is 12.9. The van der Waals surface area contributed by atoms with Crippen LogP contribution in [0, 0.1) is 5.82 Å². The fourth-order valence-corrected chi connectivity index (χ4v) is 3.76. The standard InChI is InChI=1S/C21H18FN3O2S/c1-27-18-8-4-15(5-9-18)19-12-25-17(13-28-21(25)24-19)10-20(26)23-11-14-2-6-16(22)7-3-14/h2-9,12-13H,10-11H2,1H3,(H,23,26). The van der Waals surface area contributed by atoms with Crippen molar-refractivity contribution in [3.8, 4) is 17.0 Å². The van der Waals surface area contributed by atoms with Crippen molar-refractivity contribution in [1.82, 2.24) is 14.7 Å². The van der Waals surface area contributed by atoms with Crippen molar-refractivity contribution in [2.75, 3.05) is 7.11 Å². The summed E-state index contributed by atoms with van der Waals surface area (Å²) in [6, 6.07) is 13.8. The van der Waals surface area contributed by atoms with Gasteiger partial charge >= 0.3 is 0 Å². The molecule has 0 aliphatic heterocycles. The van der Waals surface area contributed by atoms with Gasteiger partial charge in [0, 0.05) is 29.4 Å². The molecule has 0 atom stereocenters. The molecule has 7 heteroatoms. The molecule has 2 aromatic heterocycles. The van der Waals surface area contributed by atoms with Gasteiger partial charge in [-0.25, -0.2) is 9.37 Å². The predicted molar refractivity (Wildman–Crippen MR) is 107 cm³/mol. The zero-order valence-corrected chi connectivity index (χ0v) is 16.0. The van der Waals surface area contributed by atoms with E-state index in [1.807, 2.05) is 40.2 Å². The Morgan fingerprint density at radius 3 is 2.64 bits per heavy atom. The number of thiazole rings is 1. The molecule has 1 N–H and O–H groups in total. The lowest BCUT2D eigenvalue weighted by Crippen LogP contribution is -2.24. The molecule has 0 radical (unpaired) electrons. The minimum Gasteiger partial charge on any atom is -0.497 e. The second kappa shape index (κ2) is 7.82. The third-order valence-electron chi connectivity index (χ3n) is 4.41. The number of amides is 1. The third kappa shape index (κ3) is 3.89. The molecule has 1 amide bonds. The molecular formula is C21H18FN3O2S. The maximum Gasteiger partial charge on any atom is 0.226 e. The van der Waals surface area contributed by atoms with E-state index in [1.54, 1.807) is 19.2 Å². The summed E-state index contributed by atoms with van der Waals surface area (Å²) in [6.45, 7) is 0.368. The summed E-state index contributed by atoms with van der Waals surface area (Å²) in [4.78, 5) is 17.8. The normalized spacial score (nSPS) is 10.9. The smallest absolute Gasteiger partial charge is 0.226 e. The Labute approximate surface area is 165 Å². The lowest BCUT2D eigenvalue weighted by atomic mass is 10.2. The number of rotatable bonds is 6. The second-order valence-electron chi connectivity index (χ2n) is 6.31. The van der Waals surface area contributed by atoms with Crippen LogP contribution in [-0.2, 0) is 17.8 Å². The molecule has 2 aromatic carbocycles. The van der Waals surface area contributed by atoms with Crippen molar-refractivity contribution in [3.63, 3.8) is 0 Å². The van der Waals surface area contributed by atoms with Crippen LogP contribution < -0.4 is 10.1 Å². The zero-order valence-electron chi connectivity index (χ0n) is 15.2. The Morgan fingerprint density at radius 2 is 1.93 bits per heavy atom. The fraction of sp³-hybridized carbons (Fsp3) is 0.143. The average molecular weight is 395 g/mol. The molecule has 0 fully saturated rings. The van der Waals surface area contributed by atoms with E-state index in [-0.39, 0.29) is 18.1 Å². The van der Waals surface area contributed by atoms with E-state index < -0.39 is 0 Å². The van der Waals surface area contributed by atoms with Crippen LogP contribution in [0.5, 0.6) is 5.75 Å². The number of carbonyl (C=O) groups excluding carboxylic acids is 1. The number of methoxy groups -OCH3 is 1. The summed E-state index contributed by atoms with van der Waals surface area (Å²) in [5, 5.41) is 4.81. The second-order valence-corrected chi connectivity index (χ2v) is 7.15. The largest absolute Gasteiger partial charge is 0.497 e. The van der Waals surface area contributed by atoms with Crippen LogP contribution in [0.25, 0.3) is 16.2 Å². The Bertz CT molecular complexity index is 1100. The van der Waals surface area contributed by atoms with Crippen LogP contribution in [0.4, 0.5) is 4.39 Å². The summed E-state index contributed by atoms with van der Waals surface area (Å²) in [5.41, 5.74) is 3.57. The molecule has 4 rings (SSSR count). The number of hydrogen-bond acceptors (Lipinski definition) is 4. The van der Waals surface area contributed by atoms with Crippen LogP contribution >= 0.6 is 11.3 Å². The summed E-state index contributed by atoms with van der Waals surface area (Å²) < 4.78 is 20.1. The maximum absolute atomic E-state index is 12.9. The quantitative estimate of drug-likeness (QED) is 0.535. The van der Waals surface area contributed by atoms with Gasteiger partial charge in [-0.2, -0.15) is 0 Å². The number of fused-ring (bicyclic) bond motifs is 1. The molecule has 0 aliphatic rings. The number of carbonyl (C=O) groups is 1. The Kier molecular flexibility index (Phi) is 5.08. The highest BCUT2D eigenvalue weighted by molar-refractivity contribution is 7.15. The average Bonchev–Trinajstić information content (AvgIpc) is 3.30. The van der Waals surface area contributed by atoms with Gasteiger partial charge in [-0.15, -0.1) is 11.3 Å². The van der Waals surface area contributed by atoms with Crippen molar-refractivity contribution in [2.24, 2.45) is 0 Å². The molecule has 2 heterocycles. The summed E-state index contributed by atoms with van der Waals surface area (Å²) in [6.07, 6.45) is 2.19. The topological polar surface area (TPSA) is 55.6 Å².